The Morgan fingerprint density at radius 3 is 2.61 bits per heavy atom. The maximum absolute atomic E-state index is 11.9. The predicted octanol–water partition coefficient (Wildman–Crippen LogP) is 3.37. The molecule has 1 amide bonds. The first-order chi connectivity index (χ1) is 8.56. The monoisotopic (exact) mass is 326 g/mol. The lowest BCUT2D eigenvalue weighted by Crippen LogP contribution is -2.24. The van der Waals surface area contributed by atoms with Crippen LogP contribution in [-0.4, -0.2) is 10.5 Å². The Bertz CT molecular complexity index is 563. The molecule has 18 heavy (non-hydrogen) atoms. The maximum Gasteiger partial charge on any atom is 0.268 e. The quantitative estimate of drug-likeness (QED) is 0.921. The molecule has 0 aliphatic heterocycles. The van der Waals surface area contributed by atoms with Crippen LogP contribution in [0.3, 0.4) is 0 Å². The van der Waals surface area contributed by atoms with Crippen molar-refractivity contribution in [2.45, 2.75) is 6.54 Å². The molecule has 1 aromatic heterocycles. The third-order valence-corrected chi connectivity index (χ3v) is 3.31. The summed E-state index contributed by atoms with van der Waals surface area (Å²) in [5.74, 6) is -0.132. The number of benzene rings is 1. The molecule has 0 aliphatic carbocycles. The smallest absolute Gasteiger partial charge is 0.268 e. The van der Waals surface area contributed by atoms with Crippen LogP contribution in [0.4, 0.5) is 0 Å². The summed E-state index contributed by atoms with van der Waals surface area (Å²) < 4.78 is 2.73. The van der Waals surface area contributed by atoms with Crippen molar-refractivity contribution in [2.75, 3.05) is 0 Å². The summed E-state index contributed by atoms with van der Waals surface area (Å²) in [6, 6.07) is 9.46. The number of amides is 1. The highest BCUT2D eigenvalue weighted by molar-refractivity contribution is 9.10. The highest BCUT2D eigenvalue weighted by Crippen LogP contribution is 2.13. The van der Waals surface area contributed by atoms with Crippen molar-refractivity contribution in [1.29, 1.82) is 0 Å². The summed E-state index contributed by atoms with van der Waals surface area (Å²) in [4.78, 5) is 11.9. The lowest BCUT2D eigenvalue weighted by molar-refractivity contribution is 0.0943. The normalized spacial score (nSPS) is 10.4. The van der Waals surface area contributed by atoms with Gasteiger partial charge in [0.25, 0.3) is 5.91 Å². The van der Waals surface area contributed by atoms with E-state index in [1.54, 1.807) is 23.9 Å². The molecule has 0 saturated heterocycles. The second-order valence-electron chi connectivity index (χ2n) is 3.96. The standard InChI is InChI=1S/C13H12BrClN2O/c1-17-8-11(15)6-12(17)13(18)16-7-9-2-4-10(14)5-3-9/h2-6,8H,7H2,1H3,(H,16,18). The minimum atomic E-state index is -0.132. The van der Waals surface area contributed by atoms with E-state index in [4.69, 9.17) is 11.6 Å². The van der Waals surface area contributed by atoms with Gasteiger partial charge >= 0.3 is 0 Å². The zero-order valence-electron chi connectivity index (χ0n) is 9.78. The average molecular weight is 328 g/mol. The van der Waals surface area contributed by atoms with E-state index >= 15 is 0 Å². The molecule has 0 aliphatic rings. The van der Waals surface area contributed by atoms with Gasteiger partial charge in [0.1, 0.15) is 5.69 Å². The number of carbonyl (C=O) groups excluding carboxylic acids is 1. The van der Waals surface area contributed by atoms with Gasteiger partial charge in [0.05, 0.1) is 5.02 Å². The van der Waals surface area contributed by atoms with Crippen molar-refractivity contribution >= 4 is 33.4 Å². The molecule has 0 radical (unpaired) electrons. The van der Waals surface area contributed by atoms with Gasteiger partial charge in [-0.1, -0.05) is 39.7 Å². The van der Waals surface area contributed by atoms with Gasteiger partial charge in [-0.3, -0.25) is 4.79 Å². The van der Waals surface area contributed by atoms with E-state index in [9.17, 15) is 4.79 Å². The number of nitrogens with one attached hydrogen (secondary N) is 1. The molecule has 5 heteroatoms. The molecule has 94 valence electrons. The van der Waals surface area contributed by atoms with Crippen LogP contribution in [0.15, 0.2) is 41.0 Å². The van der Waals surface area contributed by atoms with E-state index in [2.05, 4.69) is 21.2 Å². The fraction of sp³-hybridized carbons (Fsp3) is 0.154. The molecule has 1 aromatic carbocycles. The van der Waals surface area contributed by atoms with Gasteiger partial charge < -0.3 is 9.88 Å². The van der Waals surface area contributed by atoms with Gasteiger partial charge in [-0.2, -0.15) is 0 Å². The van der Waals surface area contributed by atoms with Gasteiger partial charge in [0.2, 0.25) is 0 Å². The van der Waals surface area contributed by atoms with Gasteiger partial charge in [-0.25, -0.2) is 0 Å². The van der Waals surface area contributed by atoms with Crippen molar-refractivity contribution in [1.82, 2.24) is 9.88 Å². The van der Waals surface area contributed by atoms with Gasteiger partial charge in [-0.05, 0) is 23.8 Å². The number of aryl methyl sites for hydroxylation is 1. The molecule has 2 aromatic rings. The first-order valence-electron chi connectivity index (χ1n) is 5.41. The van der Waals surface area contributed by atoms with Gasteiger partial charge in [-0.15, -0.1) is 0 Å². The highest BCUT2D eigenvalue weighted by atomic mass is 79.9. The lowest BCUT2D eigenvalue weighted by Gasteiger charge is -2.06. The first kappa shape index (κ1) is 13.2. The van der Waals surface area contributed by atoms with Crippen LogP contribution in [0, 0.1) is 0 Å². The molecular weight excluding hydrogens is 316 g/mol. The highest BCUT2D eigenvalue weighted by Gasteiger charge is 2.10. The van der Waals surface area contributed by atoms with Crippen LogP contribution >= 0.6 is 27.5 Å². The molecule has 2 rings (SSSR count). The number of carbonyl (C=O) groups is 1. The van der Waals surface area contributed by atoms with Crippen LogP contribution in [0.5, 0.6) is 0 Å². The lowest BCUT2D eigenvalue weighted by atomic mass is 10.2. The van der Waals surface area contributed by atoms with Gasteiger partial charge in [0.15, 0.2) is 0 Å². The summed E-state index contributed by atoms with van der Waals surface area (Å²) >= 11 is 9.21. The summed E-state index contributed by atoms with van der Waals surface area (Å²) in [6.07, 6.45) is 1.70. The Morgan fingerprint density at radius 1 is 1.39 bits per heavy atom. The maximum atomic E-state index is 11.9. The molecule has 1 heterocycles. The Kier molecular flexibility index (Phi) is 4.09. The molecule has 1 N–H and O–H groups in total. The second-order valence-corrected chi connectivity index (χ2v) is 5.32. The molecule has 3 nitrogen and oxygen atoms in total. The molecule has 0 spiro atoms. The van der Waals surface area contributed by atoms with E-state index in [1.165, 1.54) is 0 Å². The zero-order chi connectivity index (χ0) is 13.1. The summed E-state index contributed by atoms with van der Waals surface area (Å²) in [7, 11) is 1.79. The van der Waals surface area contributed by atoms with Crippen LogP contribution < -0.4 is 5.32 Å². The molecule has 0 atom stereocenters. The Labute approximate surface area is 119 Å². The molecule has 0 fully saturated rings. The van der Waals surface area contributed by atoms with Crippen LogP contribution in [0.1, 0.15) is 16.1 Å². The SMILES string of the molecule is Cn1cc(Cl)cc1C(=O)NCc1ccc(Br)cc1. The third kappa shape index (κ3) is 3.15. The molecule has 0 bridgehead atoms. The van der Waals surface area contributed by atoms with Crippen molar-refractivity contribution in [3.63, 3.8) is 0 Å². The number of halogens is 2. The van der Waals surface area contributed by atoms with E-state index in [0.717, 1.165) is 10.0 Å². The fourth-order valence-corrected chi connectivity index (χ4v) is 2.14. The Hall–Kier alpha value is -1.26. The largest absolute Gasteiger partial charge is 0.347 e. The van der Waals surface area contributed by atoms with Crippen molar-refractivity contribution < 1.29 is 4.79 Å². The van der Waals surface area contributed by atoms with Crippen molar-refractivity contribution in [3.8, 4) is 0 Å². The predicted molar refractivity (Wildman–Crippen MR) is 75.7 cm³/mol. The van der Waals surface area contributed by atoms with Crippen LogP contribution in [0.2, 0.25) is 5.02 Å². The number of nitrogens with zero attached hydrogens (tertiary/aromatic N) is 1. The molecular formula is C13H12BrClN2O. The van der Waals surface area contributed by atoms with Crippen molar-refractivity contribution in [3.05, 3.63) is 57.3 Å². The summed E-state index contributed by atoms with van der Waals surface area (Å²) in [6.45, 7) is 0.495. The summed E-state index contributed by atoms with van der Waals surface area (Å²) in [5.41, 5.74) is 1.60. The third-order valence-electron chi connectivity index (χ3n) is 2.57. The zero-order valence-corrected chi connectivity index (χ0v) is 12.1. The van der Waals surface area contributed by atoms with Crippen molar-refractivity contribution in [2.24, 2.45) is 7.05 Å². The topological polar surface area (TPSA) is 34.0 Å². The van der Waals surface area contributed by atoms with E-state index in [-0.39, 0.29) is 5.91 Å². The van der Waals surface area contributed by atoms with E-state index in [1.807, 2.05) is 24.3 Å². The molecule has 0 saturated carbocycles. The average Bonchev–Trinajstić information content (AvgIpc) is 2.67. The van der Waals surface area contributed by atoms with E-state index < -0.39 is 0 Å². The molecule has 0 unspecified atom stereocenters. The minimum absolute atomic E-state index is 0.132. The minimum Gasteiger partial charge on any atom is -0.347 e. The number of aromatic nitrogens is 1. The first-order valence-corrected chi connectivity index (χ1v) is 6.58. The summed E-state index contributed by atoms with van der Waals surface area (Å²) in [5, 5.41) is 3.42. The number of hydrogen-bond acceptors (Lipinski definition) is 1. The number of hydrogen-bond donors (Lipinski definition) is 1. The van der Waals surface area contributed by atoms with Crippen LogP contribution in [0.25, 0.3) is 0 Å². The Morgan fingerprint density at radius 2 is 2.06 bits per heavy atom. The van der Waals surface area contributed by atoms with Gasteiger partial charge in [0, 0.05) is 24.3 Å². The van der Waals surface area contributed by atoms with Crippen LogP contribution in [-0.2, 0) is 13.6 Å². The number of rotatable bonds is 3. The fourth-order valence-electron chi connectivity index (χ4n) is 1.63. The Balaban J connectivity index is 2.00. The second kappa shape index (κ2) is 5.59. The van der Waals surface area contributed by atoms with E-state index in [0.29, 0.717) is 17.3 Å².